The van der Waals surface area contributed by atoms with E-state index in [0.29, 0.717) is 6.54 Å². The average molecular weight is 303 g/mol. The van der Waals surface area contributed by atoms with Crippen LogP contribution in [0.2, 0.25) is 0 Å². The number of hydrogen-bond acceptors (Lipinski definition) is 3. The monoisotopic (exact) mass is 303 g/mol. The van der Waals surface area contributed by atoms with Gasteiger partial charge in [0.25, 0.3) is 0 Å². The van der Waals surface area contributed by atoms with Gasteiger partial charge in [-0.3, -0.25) is 9.69 Å². The number of piperidine rings is 1. The molecule has 0 saturated carbocycles. The highest BCUT2D eigenvalue weighted by Crippen LogP contribution is 2.17. The zero-order chi connectivity index (χ0) is 15.9. The van der Waals surface area contributed by atoms with E-state index in [2.05, 4.69) is 42.4 Å². The predicted molar refractivity (Wildman–Crippen MR) is 92.3 cm³/mol. The normalized spacial score (nSPS) is 16.7. The standard InChI is InChI=1S/C18H29N3O/c1-4-19-12-16-7-9-21(10-8-16)13-18(22)20-17-6-5-14(2)15(3)11-17/h5-6,11,16,19H,4,7-10,12-13H2,1-3H3,(H,20,22). The van der Waals surface area contributed by atoms with Gasteiger partial charge >= 0.3 is 0 Å². The van der Waals surface area contributed by atoms with Crippen LogP contribution in [0.15, 0.2) is 18.2 Å². The summed E-state index contributed by atoms with van der Waals surface area (Å²) in [7, 11) is 0. The van der Waals surface area contributed by atoms with E-state index < -0.39 is 0 Å². The van der Waals surface area contributed by atoms with Gasteiger partial charge in [-0.1, -0.05) is 13.0 Å². The van der Waals surface area contributed by atoms with Gasteiger partial charge < -0.3 is 10.6 Å². The van der Waals surface area contributed by atoms with Crippen molar-refractivity contribution >= 4 is 11.6 Å². The van der Waals surface area contributed by atoms with Gasteiger partial charge in [0.2, 0.25) is 5.91 Å². The number of likely N-dealkylation sites (tertiary alicyclic amines) is 1. The van der Waals surface area contributed by atoms with Crippen molar-refractivity contribution in [2.75, 3.05) is 38.0 Å². The summed E-state index contributed by atoms with van der Waals surface area (Å²) >= 11 is 0. The van der Waals surface area contributed by atoms with Gasteiger partial charge in [0.05, 0.1) is 6.54 Å². The number of carbonyl (C=O) groups excluding carboxylic acids is 1. The first-order valence-corrected chi connectivity index (χ1v) is 8.38. The molecule has 0 aliphatic carbocycles. The van der Waals surface area contributed by atoms with Gasteiger partial charge in [0.15, 0.2) is 0 Å². The van der Waals surface area contributed by atoms with Crippen LogP contribution in [-0.2, 0) is 4.79 Å². The van der Waals surface area contributed by atoms with Crippen LogP contribution in [0.25, 0.3) is 0 Å². The molecule has 1 heterocycles. The average Bonchev–Trinajstić information content (AvgIpc) is 2.50. The second kappa shape index (κ2) is 8.30. The van der Waals surface area contributed by atoms with Crippen LogP contribution >= 0.6 is 0 Å². The topological polar surface area (TPSA) is 44.4 Å². The lowest BCUT2D eigenvalue weighted by molar-refractivity contribution is -0.117. The zero-order valence-electron chi connectivity index (χ0n) is 14.1. The highest BCUT2D eigenvalue weighted by atomic mass is 16.2. The molecular weight excluding hydrogens is 274 g/mol. The van der Waals surface area contributed by atoms with Crippen molar-refractivity contribution in [3.05, 3.63) is 29.3 Å². The van der Waals surface area contributed by atoms with Gasteiger partial charge in [0, 0.05) is 5.69 Å². The van der Waals surface area contributed by atoms with Crippen LogP contribution in [-0.4, -0.2) is 43.5 Å². The minimum Gasteiger partial charge on any atom is -0.325 e. The Hall–Kier alpha value is -1.39. The van der Waals surface area contributed by atoms with Crippen LogP contribution in [0.4, 0.5) is 5.69 Å². The third kappa shape index (κ3) is 5.11. The summed E-state index contributed by atoms with van der Waals surface area (Å²) in [6, 6.07) is 6.07. The third-order valence-corrected chi connectivity index (χ3v) is 4.55. The number of rotatable bonds is 6. The molecule has 2 N–H and O–H groups in total. The Kier molecular flexibility index (Phi) is 6.40. The third-order valence-electron chi connectivity index (χ3n) is 4.55. The molecule has 1 aliphatic heterocycles. The molecule has 0 aromatic heterocycles. The number of hydrogen-bond donors (Lipinski definition) is 2. The lowest BCUT2D eigenvalue weighted by Gasteiger charge is -2.31. The van der Waals surface area contributed by atoms with Crippen molar-refractivity contribution in [2.45, 2.75) is 33.6 Å². The van der Waals surface area contributed by atoms with Gasteiger partial charge in [-0.25, -0.2) is 0 Å². The molecule has 22 heavy (non-hydrogen) atoms. The van der Waals surface area contributed by atoms with Crippen LogP contribution in [0.1, 0.15) is 30.9 Å². The summed E-state index contributed by atoms with van der Waals surface area (Å²) < 4.78 is 0. The summed E-state index contributed by atoms with van der Waals surface area (Å²) in [6.45, 7) is 11.0. The van der Waals surface area contributed by atoms with Gasteiger partial charge in [0.1, 0.15) is 0 Å². The van der Waals surface area contributed by atoms with E-state index in [0.717, 1.165) is 37.8 Å². The lowest BCUT2D eigenvalue weighted by Crippen LogP contribution is -2.41. The number of carbonyl (C=O) groups is 1. The molecule has 0 radical (unpaired) electrons. The highest BCUT2D eigenvalue weighted by Gasteiger charge is 2.20. The number of nitrogens with one attached hydrogen (secondary N) is 2. The Balaban J connectivity index is 1.75. The van der Waals surface area contributed by atoms with Crippen molar-refractivity contribution in [1.29, 1.82) is 0 Å². The Morgan fingerprint density at radius 3 is 2.59 bits per heavy atom. The molecule has 0 atom stereocenters. The number of amides is 1. The van der Waals surface area contributed by atoms with E-state index in [1.165, 1.54) is 24.0 Å². The molecule has 2 rings (SSSR count). The highest BCUT2D eigenvalue weighted by molar-refractivity contribution is 5.92. The maximum Gasteiger partial charge on any atom is 0.238 e. The van der Waals surface area contributed by atoms with E-state index in [-0.39, 0.29) is 5.91 Å². The molecule has 1 aliphatic rings. The van der Waals surface area contributed by atoms with Crippen molar-refractivity contribution in [2.24, 2.45) is 5.92 Å². The minimum absolute atomic E-state index is 0.0911. The van der Waals surface area contributed by atoms with Gasteiger partial charge in [-0.05, 0) is 82.0 Å². The van der Waals surface area contributed by atoms with Crippen molar-refractivity contribution in [3.8, 4) is 0 Å². The molecule has 1 saturated heterocycles. The van der Waals surface area contributed by atoms with E-state index in [4.69, 9.17) is 0 Å². The Morgan fingerprint density at radius 2 is 1.95 bits per heavy atom. The fourth-order valence-electron chi connectivity index (χ4n) is 2.92. The van der Waals surface area contributed by atoms with E-state index in [1.54, 1.807) is 0 Å². The quantitative estimate of drug-likeness (QED) is 0.849. The number of aryl methyl sites for hydroxylation is 2. The molecule has 1 fully saturated rings. The first-order chi connectivity index (χ1) is 10.6. The molecule has 1 aromatic carbocycles. The van der Waals surface area contributed by atoms with Gasteiger partial charge in [-0.2, -0.15) is 0 Å². The number of benzene rings is 1. The summed E-state index contributed by atoms with van der Waals surface area (Å²) in [4.78, 5) is 14.4. The van der Waals surface area contributed by atoms with Crippen molar-refractivity contribution in [3.63, 3.8) is 0 Å². The molecule has 4 nitrogen and oxygen atoms in total. The molecule has 4 heteroatoms. The Labute approximate surface area is 134 Å². The second-order valence-electron chi connectivity index (χ2n) is 6.37. The largest absolute Gasteiger partial charge is 0.325 e. The first kappa shape index (κ1) is 17.0. The van der Waals surface area contributed by atoms with Crippen LogP contribution in [0.3, 0.4) is 0 Å². The molecule has 0 spiro atoms. The smallest absolute Gasteiger partial charge is 0.238 e. The number of nitrogens with zero attached hydrogens (tertiary/aromatic N) is 1. The van der Waals surface area contributed by atoms with E-state index in [9.17, 15) is 4.79 Å². The van der Waals surface area contributed by atoms with Crippen molar-refractivity contribution < 1.29 is 4.79 Å². The van der Waals surface area contributed by atoms with Gasteiger partial charge in [-0.15, -0.1) is 0 Å². The lowest BCUT2D eigenvalue weighted by atomic mass is 9.97. The molecule has 0 unspecified atom stereocenters. The van der Waals surface area contributed by atoms with Crippen LogP contribution in [0, 0.1) is 19.8 Å². The first-order valence-electron chi connectivity index (χ1n) is 8.38. The molecule has 1 aromatic rings. The summed E-state index contributed by atoms with van der Waals surface area (Å²) in [5.74, 6) is 0.854. The predicted octanol–water partition coefficient (Wildman–Crippen LogP) is 2.56. The molecular formula is C18H29N3O. The maximum atomic E-state index is 12.2. The summed E-state index contributed by atoms with van der Waals surface area (Å²) in [5.41, 5.74) is 3.36. The Morgan fingerprint density at radius 1 is 1.23 bits per heavy atom. The minimum atomic E-state index is 0.0911. The van der Waals surface area contributed by atoms with E-state index in [1.807, 2.05) is 12.1 Å². The molecule has 0 bridgehead atoms. The molecule has 1 amide bonds. The fourth-order valence-corrected chi connectivity index (χ4v) is 2.92. The number of anilines is 1. The second-order valence-corrected chi connectivity index (χ2v) is 6.37. The molecule has 122 valence electrons. The Bertz CT molecular complexity index is 493. The fraction of sp³-hybridized carbons (Fsp3) is 0.611. The maximum absolute atomic E-state index is 12.2. The van der Waals surface area contributed by atoms with E-state index >= 15 is 0 Å². The zero-order valence-corrected chi connectivity index (χ0v) is 14.1. The van der Waals surface area contributed by atoms with Crippen LogP contribution in [0.5, 0.6) is 0 Å². The van der Waals surface area contributed by atoms with Crippen LogP contribution < -0.4 is 10.6 Å². The SMILES string of the molecule is CCNCC1CCN(CC(=O)Nc2ccc(C)c(C)c2)CC1. The summed E-state index contributed by atoms with van der Waals surface area (Å²) in [5, 5.41) is 6.43. The summed E-state index contributed by atoms with van der Waals surface area (Å²) in [6.07, 6.45) is 2.37. The van der Waals surface area contributed by atoms with Crippen molar-refractivity contribution in [1.82, 2.24) is 10.2 Å².